The molecule has 1 N–H and O–H groups in total. The van der Waals surface area contributed by atoms with Crippen LogP contribution in [0.15, 0.2) is 0 Å². The minimum absolute atomic E-state index is 0.0265. The normalized spacial score (nSPS) is 31.4. The standard InChI is InChI=1S/C12H23NO3/c1-9-8-12(5,15)6-7-13(9)10(14)16-11(2,3)4/h9,15H,6-8H2,1-5H3/t9-,12?/m1/s1. The average molecular weight is 229 g/mol. The molecule has 1 fully saturated rings. The third-order valence-corrected chi connectivity index (χ3v) is 2.79. The molecule has 4 heteroatoms. The summed E-state index contributed by atoms with van der Waals surface area (Å²) in [5, 5.41) is 9.90. The largest absolute Gasteiger partial charge is 0.444 e. The second kappa shape index (κ2) is 4.24. The third kappa shape index (κ3) is 3.67. The molecule has 0 aromatic heterocycles. The number of nitrogens with zero attached hydrogens (tertiary/aromatic N) is 1. The van der Waals surface area contributed by atoms with Gasteiger partial charge < -0.3 is 14.7 Å². The lowest BCUT2D eigenvalue weighted by Crippen LogP contribution is -2.51. The fraction of sp³-hybridized carbons (Fsp3) is 0.917. The molecule has 0 saturated carbocycles. The quantitative estimate of drug-likeness (QED) is 0.692. The van der Waals surface area contributed by atoms with Crippen LogP contribution in [0.25, 0.3) is 0 Å². The highest BCUT2D eigenvalue weighted by Crippen LogP contribution is 2.27. The first-order chi connectivity index (χ1) is 7.11. The summed E-state index contributed by atoms with van der Waals surface area (Å²) in [7, 11) is 0. The highest BCUT2D eigenvalue weighted by molar-refractivity contribution is 5.68. The third-order valence-electron chi connectivity index (χ3n) is 2.79. The van der Waals surface area contributed by atoms with E-state index in [0.29, 0.717) is 19.4 Å². The highest BCUT2D eigenvalue weighted by atomic mass is 16.6. The van der Waals surface area contributed by atoms with Crippen LogP contribution in [0.2, 0.25) is 0 Å². The van der Waals surface area contributed by atoms with Crippen molar-refractivity contribution in [2.24, 2.45) is 0 Å². The number of aliphatic hydroxyl groups is 1. The van der Waals surface area contributed by atoms with Crippen molar-refractivity contribution in [3.05, 3.63) is 0 Å². The van der Waals surface area contributed by atoms with Gasteiger partial charge in [-0.25, -0.2) is 4.79 Å². The minimum atomic E-state index is -0.655. The van der Waals surface area contributed by atoms with Gasteiger partial charge in [-0.1, -0.05) is 0 Å². The van der Waals surface area contributed by atoms with Gasteiger partial charge in [0.2, 0.25) is 0 Å². The summed E-state index contributed by atoms with van der Waals surface area (Å²) >= 11 is 0. The first kappa shape index (κ1) is 13.3. The number of carbonyl (C=O) groups is 1. The Morgan fingerprint density at radius 3 is 2.50 bits per heavy atom. The topological polar surface area (TPSA) is 49.8 Å². The SMILES string of the molecule is C[C@@H]1CC(C)(O)CCN1C(=O)OC(C)(C)C. The van der Waals surface area contributed by atoms with Crippen molar-refractivity contribution in [2.75, 3.05) is 6.54 Å². The molecule has 94 valence electrons. The molecule has 1 saturated heterocycles. The van der Waals surface area contributed by atoms with Crippen LogP contribution in [0.1, 0.15) is 47.5 Å². The first-order valence-electron chi connectivity index (χ1n) is 5.83. The Morgan fingerprint density at radius 2 is 2.06 bits per heavy atom. The Balaban J connectivity index is 2.59. The molecule has 1 rings (SSSR count). The van der Waals surface area contributed by atoms with Gasteiger partial charge in [-0.2, -0.15) is 0 Å². The summed E-state index contributed by atoms with van der Waals surface area (Å²) < 4.78 is 5.32. The second-order valence-electron chi connectivity index (χ2n) is 5.97. The molecule has 1 aliphatic rings. The number of ether oxygens (including phenoxy) is 1. The van der Waals surface area contributed by atoms with E-state index >= 15 is 0 Å². The molecular weight excluding hydrogens is 206 g/mol. The van der Waals surface area contributed by atoms with Crippen molar-refractivity contribution < 1.29 is 14.6 Å². The number of amides is 1. The molecule has 0 aliphatic carbocycles. The maximum atomic E-state index is 11.9. The van der Waals surface area contributed by atoms with E-state index in [0.717, 1.165) is 0 Å². The number of piperidine rings is 1. The Kier molecular flexibility index (Phi) is 3.53. The van der Waals surface area contributed by atoms with Gasteiger partial charge in [0.1, 0.15) is 5.60 Å². The molecule has 0 aromatic carbocycles. The van der Waals surface area contributed by atoms with Crippen molar-refractivity contribution in [2.45, 2.75) is 64.7 Å². The van der Waals surface area contributed by atoms with E-state index in [2.05, 4.69) is 0 Å². The summed E-state index contributed by atoms with van der Waals surface area (Å²) in [6, 6.07) is 0.0265. The number of likely N-dealkylation sites (tertiary alicyclic amines) is 1. The van der Waals surface area contributed by atoms with Gasteiger partial charge in [-0.3, -0.25) is 0 Å². The van der Waals surface area contributed by atoms with Crippen molar-refractivity contribution in [3.8, 4) is 0 Å². The van der Waals surface area contributed by atoms with E-state index < -0.39 is 11.2 Å². The molecule has 16 heavy (non-hydrogen) atoms. The molecule has 4 nitrogen and oxygen atoms in total. The predicted molar refractivity (Wildman–Crippen MR) is 62.3 cm³/mol. The van der Waals surface area contributed by atoms with Crippen molar-refractivity contribution in [3.63, 3.8) is 0 Å². The molecular formula is C12H23NO3. The van der Waals surface area contributed by atoms with E-state index in [1.807, 2.05) is 34.6 Å². The lowest BCUT2D eigenvalue weighted by Gasteiger charge is -2.41. The maximum Gasteiger partial charge on any atom is 0.410 e. The fourth-order valence-electron chi connectivity index (χ4n) is 2.02. The summed E-state index contributed by atoms with van der Waals surface area (Å²) in [4.78, 5) is 13.6. The maximum absolute atomic E-state index is 11.9. The summed E-state index contributed by atoms with van der Waals surface area (Å²) in [5.41, 5.74) is -1.12. The van der Waals surface area contributed by atoms with Crippen LogP contribution in [0.3, 0.4) is 0 Å². The van der Waals surface area contributed by atoms with Crippen molar-refractivity contribution >= 4 is 6.09 Å². The zero-order chi connectivity index (χ0) is 12.6. The Hall–Kier alpha value is -0.770. The van der Waals surface area contributed by atoms with Crippen LogP contribution in [-0.2, 0) is 4.74 Å². The van der Waals surface area contributed by atoms with Crippen molar-refractivity contribution in [1.82, 2.24) is 4.90 Å². The average Bonchev–Trinajstić information content (AvgIpc) is 1.97. The lowest BCUT2D eigenvalue weighted by atomic mass is 9.89. The van der Waals surface area contributed by atoms with Gasteiger partial charge in [0.15, 0.2) is 0 Å². The van der Waals surface area contributed by atoms with Gasteiger partial charge in [-0.15, -0.1) is 0 Å². The highest BCUT2D eigenvalue weighted by Gasteiger charge is 2.36. The van der Waals surface area contributed by atoms with Gasteiger partial charge in [0.25, 0.3) is 0 Å². The van der Waals surface area contributed by atoms with Crippen molar-refractivity contribution in [1.29, 1.82) is 0 Å². The second-order valence-corrected chi connectivity index (χ2v) is 5.97. The van der Waals surface area contributed by atoms with E-state index in [1.165, 1.54) is 0 Å². The van der Waals surface area contributed by atoms with Gasteiger partial charge in [0.05, 0.1) is 5.60 Å². The minimum Gasteiger partial charge on any atom is -0.444 e. The smallest absolute Gasteiger partial charge is 0.410 e. The molecule has 2 atom stereocenters. The number of carbonyl (C=O) groups excluding carboxylic acids is 1. The van der Waals surface area contributed by atoms with E-state index in [-0.39, 0.29) is 12.1 Å². The number of rotatable bonds is 0. The number of hydrogen-bond donors (Lipinski definition) is 1. The Labute approximate surface area is 97.6 Å². The Morgan fingerprint density at radius 1 is 1.50 bits per heavy atom. The molecule has 0 spiro atoms. The summed E-state index contributed by atoms with van der Waals surface area (Å²) in [5.74, 6) is 0. The van der Waals surface area contributed by atoms with Gasteiger partial charge in [0, 0.05) is 12.6 Å². The molecule has 1 unspecified atom stereocenters. The zero-order valence-electron chi connectivity index (χ0n) is 10.9. The van der Waals surface area contributed by atoms with Crippen LogP contribution >= 0.6 is 0 Å². The van der Waals surface area contributed by atoms with E-state index in [9.17, 15) is 9.90 Å². The fourth-order valence-corrected chi connectivity index (χ4v) is 2.02. The summed E-state index contributed by atoms with van der Waals surface area (Å²) in [6.45, 7) is 9.89. The number of hydrogen-bond acceptors (Lipinski definition) is 3. The molecule has 0 aromatic rings. The van der Waals surface area contributed by atoms with Gasteiger partial charge >= 0.3 is 6.09 Å². The zero-order valence-corrected chi connectivity index (χ0v) is 10.9. The van der Waals surface area contributed by atoms with Crippen LogP contribution in [0.5, 0.6) is 0 Å². The summed E-state index contributed by atoms with van der Waals surface area (Å²) in [6.07, 6.45) is 0.929. The molecule has 1 amide bonds. The van der Waals surface area contributed by atoms with Crippen LogP contribution < -0.4 is 0 Å². The molecule has 1 aliphatic heterocycles. The van der Waals surface area contributed by atoms with E-state index in [4.69, 9.17) is 4.74 Å². The first-order valence-corrected chi connectivity index (χ1v) is 5.83. The van der Waals surface area contributed by atoms with Crippen LogP contribution in [0.4, 0.5) is 4.79 Å². The van der Waals surface area contributed by atoms with Crippen LogP contribution in [0, 0.1) is 0 Å². The van der Waals surface area contributed by atoms with E-state index in [1.54, 1.807) is 4.90 Å². The Bertz CT molecular complexity index is 268. The molecule has 0 bridgehead atoms. The predicted octanol–water partition coefficient (Wildman–Crippen LogP) is 2.16. The van der Waals surface area contributed by atoms with Crippen LogP contribution in [-0.4, -0.2) is 39.9 Å². The molecule has 0 radical (unpaired) electrons. The lowest BCUT2D eigenvalue weighted by molar-refractivity contribution is -0.0405. The molecule has 1 heterocycles. The van der Waals surface area contributed by atoms with Gasteiger partial charge in [-0.05, 0) is 47.5 Å². The monoisotopic (exact) mass is 229 g/mol.